The van der Waals surface area contributed by atoms with Gasteiger partial charge in [0.1, 0.15) is 0 Å². The first-order valence-electron chi connectivity index (χ1n) is 8.81. The Kier molecular flexibility index (Phi) is 10.7. The van der Waals surface area contributed by atoms with Crippen LogP contribution in [0.25, 0.3) is 0 Å². The van der Waals surface area contributed by atoms with Gasteiger partial charge in [0, 0.05) is 0 Å². The molecule has 0 bridgehead atoms. The summed E-state index contributed by atoms with van der Waals surface area (Å²) < 4.78 is 10.5. The second-order valence-electron chi connectivity index (χ2n) is 6.29. The Morgan fingerprint density at radius 2 is 1.17 bits per heavy atom. The first kappa shape index (κ1) is 21.7. The Labute approximate surface area is 161 Å². The van der Waals surface area contributed by atoms with Crippen LogP contribution in [0.3, 0.4) is 0 Å². The van der Waals surface area contributed by atoms with Crippen molar-refractivity contribution >= 4 is 53.6 Å². The molecule has 132 valence electrons. The van der Waals surface area contributed by atoms with Gasteiger partial charge >= 0.3 is 162 Å². The fourth-order valence-electron chi connectivity index (χ4n) is 2.84. The molecule has 1 rings (SSSR count). The van der Waals surface area contributed by atoms with Gasteiger partial charge in [-0.05, 0) is 0 Å². The molecule has 1 aromatic rings. The van der Waals surface area contributed by atoms with Crippen molar-refractivity contribution in [2.24, 2.45) is 0 Å². The van der Waals surface area contributed by atoms with Crippen LogP contribution in [0.4, 0.5) is 0 Å². The summed E-state index contributed by atoms with van der Waals surface area (Å²) in [6.45, 7) is 6.76. The Balaban J connectivity index is 3.07. The Morgan fingerprint density at radius 1 is 0.739 bits per heavy atom. The van der Waals surface area contributed by atoms with Crippen molar-refractivity contribution in [2.45, 2.75) is 72.6 Å². The van der Waals surface area contributed by atoms with Gasteiger partial charge in [-0.25, -0.2) is 0 Å². The third kappa shape index (κ3) is 7.21. The topological polar surface area (TPSA) is 9.23 Å². The number of unbranched alkanes of at least 4 members (excludes halogenated alkanes) is 3. The normalized spacial score (nSPS) is 11.7. The molecule has 0 fully saturated rings. The Hall–Kier alpha value is 0.689. The first-order valence-corrected chi connectivity index (χ1v) is 17.2. The van der Waals surface area contributed by atoms with Crippen molar-refractivity contribution < 1.29 is 3.07 Å². The standard InChI is InChI=1S/C6H3Cl3O.3C4H9.Sn/c7-3-1-5(9)6(10)2-4(3)8;3*1-3-4-2;/h1-2,10H;3*1,3-4H2,2H3;/q;;;;+1/p-1. The molecule has 0 unspecified atom stereocenters. The second-order valence-corrected chi connectivity index (χ2v) is 19.1. The van der Waals surface area contributed by atoms with Gasteiger partial charge in [0.05, 0.1) is 0 Å². The molecule has 0 radical (unpaired) electrons. The van der Waals surface area contributed by atoms with E-state index in [1.807, 2.05) is 6.07 Å². The average molecular weight is 486 g/mol. The maximum absolute atomic E-state index is 6.71. The molecule has 0 aliphatic carbocycles. The molecule has 0 spiro atoms. The predicted molar refractivity (Wildman–Crippen MR) is 107 cm³/mol. The molecule has 0 amide bonds. The second kappa shape index (κ2) is 11.3. The van der Waals surface area contributed by atoms with Crippen LogP contribution in [0.2, 0.25) is 28.4 Å². The molecule has 0 saturated heterocycles. The fourth-order valence-corrected chi connectivity index (χ4v) is 17.0. The van der Waals surface area contributed by atoms with E-state index in [1.165, 1.54) is 51.8 Å². The molecule has 0 N–H and O–H groups in total. The van der Waals surface area contributed by atoms with Gasteiger partial charge in [0.2, 0.25) is 0 Å². The molecule has 1 nitrogen and oxygen atoms in total. The van der Waals surface area contributed by atoms with Gasteiger partial charge < -0.3 is 0 Å². The van der Waals surface area contributed by atoms with Crippen molar-refractivity contribution in [3.05, 3.63) is 27.2 Å². The SMILES string of the molecule is CCC[CH2][Sn]([CH2]CCC)([CH2]CCC)[O]c1cc(Cl)c(Cl)cc1Cl. The summed E-state index contributed by atoms with van der Waals surface area (Å²) >= 11 is 15.9. The molecule has 5 heteroatoms. The first-order chi connectivity index (χ1) is 11.0. The van der Waals surface area contributed by atoms with Crippen molar-refractivity contribution in [1.29, 1.82) is 0 Å². The number of halogens is 3. The van der Waals surface area contributed by atoms with Gasteiger partial charge in [-0.15, -0.1) is 0 Å². The predicted octanol–water partition coefficient (Wildman–Crippen LogP) is 8.37. The van der Waals surface area contributed by atoms with Crippen LogP contribution in [0.5, 0.6) is 5.75 Å². The minimum absolute atomic E-state index is 0.487. The van der Waals surface area contributed by atoms with E-state index in [1.54, 1.807) is 6.07 Å². The number of rotatable bonds is 11. The maximum atomic E-state index is 6.71. The molecule has 23 heavy (non-hydrogen) atoms. The van der Waals surface area contributed by atoms with Crippen molar-refractivity contribution in [1.82, 2.24) is 0 Å². The summed E-state index contributed by atoms with van der Waals surface area (Å²) in [4.78, 5) is 0. The Morgan fingerprint density at radius 3 is 1.61 bits per heavy atom. The van der Waals surface area contributed by atoms with Gasteiger partial charge in [0.15, 0.2) is 0 Å². The quantitative estimate of drug-likeness (QED) is 0.226. The van der Waals surface area contributed by atoms with Crippen molar-refractivity contribution in [2.75, 3.05) is 0 Å². The number of hydrogen-bond donors (Lipinski definition) is 0. The monoisotopic (exact) mass is 486 g/mol. The van der Waals surface area contributed by atoms with Gasteiger partial charge in [-0.3, -0.25) is 0 Å². The summed E-state index contributed by atoms with van der Waals surface area (Å²) in [5.74, 6) is 0.750. The molecule has 0 atom stereocenters. The van der Waals surface area contributed by atoms with E-state index in [0.29, 0.717) is 15.1 Å². The van der Waals surface area contributed by atoms with Crippen LogP contribution < -0.4 is 3.07 Å². The van der Waals surface area contributed by atoms with E-state index < -0.39 is 18.8 Å². The fraction of sp³-hybridized carbons (Fsp3) is 0.667. The van der Waals surface area contributed by atoms with Crippen molar-refractivity contribution in [3.63, 3.8) is 0 Å². The zero-order valence-corrected chi connectivity index (χ0v) is 19.7. The zero-order valence-electron chi connectivity index (χ0n) is 14.6. The molecular formula is C18H29Cl3OSn. The Bertz CT molecular complexity index is 458. The van der Waals surface area contributed by atoms with E-state index in [2.05, 4.69) is 20.8 Å². The zero-order chi connectivity index (χ0) is 17.3. The summed E-state index contributed by atoms with van der Waals surface area (Å²) in [6.07, 6.45) is 7.41. The summed E-state index contributed by atoms with van der Waals surface area (Å²) in [6, 6.07) is 3.51. The van der Waals surface area contributed by atoms with E-state index in [4.69, 9.17) is 37.9 Å². The molecule has 0 heterocycles. The number of hydrogen-bond acceptors (Lipinski definition) is 1. The van der Waals surface area contributed by atoms with Crippen LogP contribution in [0.15, 0.2) is 12.1 Å². The molecule has 0 aliphatic rings. The summed E-state index contributed by atoms with van der Waals surface area (Å²) in [5, 5.41) is 1.60. The van der Waals surface area contributed by atoms with Crippen LogP contribution in [-0.2, 0) is 0 Å². The molecule has 0 saturated carbocycles. The van der Waals surface area contributed by atoms with E-state index in [-0.39, 0.29) is 0 Å². The van der Waals surface area contributed by atoms with Gasteiger partial charge in [-0.1, -0.05) is 0 Å². The molecular weight excluding hydrogens is 457 g/mol. The van der Waals surface area contributed by atoms with E-state index in [9.17, 15) is 0 Å². The van der Waals surface area contributed by atoms with Gasteiger partial charge in [-0.2, -0.15) is 0 Å². The van der Waals surface area contributed by atoms with Crippen molar-refractivity contribution in [3.8, 4) is 5.75 Å². The van der Waals surface area contributed by atoms with E-state index >= 15 is 0 Å². The third-order valence-corrected chi connectivity index (χ3v) is 18.0. The van der Waals surface area contributed by atoms with E-state index in [0.717, 1.165) is 5.75 Å². The molecule has 1 aromatic carbocycles. The summed E-state index contributed by atoms with van der Waals surface area (Å²) in [5.41, 5.74) is 0. The minimum atomic E-state index is -2.73. The van der Waals surface area contributed by atoms with Crippen LogP contribution in [0, 0.1) is 0 Å². The van der Waals surface area contributed by atoms with Crippen LogP contribution in [-0.4, -0.2) is 18.8 Å². The van der Waals surface area contributed by atoms with Crippen LogP contribution >= 0.6 is 34.8 Å². The average Bonchev–Trinajstić information content (AvgIpc) is 2.53. The number of benzene rings is 1. The van der Waals surface area contributed by atoms with Gasteiger partial charge in [0.25, 0.3) is 0 Å². The third-order valence-electron chi connectivity index (χ3n) is 4.26. The molecule has 0 aromatic heterocycles. The summed E-state index contributed by atoms with van der Waals surface area (Å²) in [7, 11) is 0. The molecule has 0 aliphatic heterocycles. The van der Waals surface area contributed by atoms with Crippen LogP contribution in [0.1, 0.15) is 59.3 Å².